The summed E-state index contributed by atoms with van der Waals surface area (Å²) in [5.41, 5.74) is 9.89. The van der Waals surface area contributed by atoms with Gasteiger partial charge in [0.2, 0.25) is 0 Å². The number of fused-ring (bicyclic) bond motifs is 1. The molecule has 0 bridgehead atoms. The predicted molar refractivity (Wildman–Crippen MR) is 131 cm³/mol. The molecule has 1 aliphatic rings. The number of anilines is 2. The lowest BCUT2D eigenvalue weighted by Crippen LogP contribution is -2.27. The standard InChI is InChI=1S/C28H37NO2/c1-9-21-24-22(27(4,5)6)15-16-28(7,8)23(24)17-18(3)25(21)29-20-13-11-19(12-14-20)26(30)31-10-2/h11-15,17,29H,9-10,16H2,1-8H3. The molecule has 31 heavy (non-hydrogen) atoms. The number of hydrogen-bond acceptors (Lipinski definition) is 3. The van der Waals surface area contributed by atoms with E-state index in [4.69, 9.17) is 4.74 Å². The lowest BCUT2D eigenvalue weighted by atomic mass is 9.66. The van der Waals surface area contributed by atoms with Crippen molar-refractivity contribution in [1.82, 2.24) is 0 Å². The van der Waals surface area contributed by atoms with Crippen LogP contribution in [0.1, 0.15) is 87.5 Å². The summed E-state index contributed by atoms with van der Waals surface area (Å²) >= 11 is 0. The molecule has 0 atom stereocenters. The van der Waals surface area contributed by atoms with Crippen LogP contribution in [0.5, 0.6) is 0 Å². The van der Waals surface area contributed by atoms with Gasteiger partial charge in [-0.3, -0.25) is 0 Å². The van der Waals surface area contributed by atoms with Gasteiger partial charge in [-0.05, 0) is 89.6 Å². The van der Waals surface area contributed by atoms with Gasteiger partial charge >= 0.3 is 5.97 Å². The van der Waals surface area contributed by atoms with Gasteiger partial charge in [0.1, 0.15) is 0 Å². The van der Waals surface area contributed by atoms with E-state index in [-0.39, 0.29) is 16.8 Å². The first-order valence-electron chi connectivity index (χ1n) is 11.4. The van der Waals surface area contributed by atoms with Gasteiger partial charge in [0, 0.05) is 11.4 Å². The molecule has 0 fully saturated rings. The van der Waals surface area contributed by atoms with Crippen LogP contribution >= 0.6 is 0 Å². The van der Waals surface area contributed by atoms with E-state index in [0.717, 1.165) is 18.5 Å². The zero-order chi connectivity index (χ0) is 23.0. The largest absolute Gasteiger partial charge is 0.462 e. The van der Waals surface area contributed by atoms with Gasteiger partial charge in [-0.25, -0.2) is 4.79 Å². The van der Waals surface area contributed by atoms with Gasteiger partial charge in [0.25, 0.3) is 0 Å². The number of allylic oxidation sites excluding steroid dienone is 2. The molecular weight excluding hydrogens is 382 g/mol. The molecule has 2 aromatic rings. The average Bonchev–Trinajstić information content (AvgIpc) is 2.69. The Balaban J connectivity index is 2.09. The van der Waals surface area contributed by atoms with Crippen LogP contribution in [0, 0.1) is 12.3 Å². The summed E-state index contributed by atoms with van der Waals surface area (Å²) in [6, 6.07) is 9.93. The topological polar surface area (TPSA) is 38.3 Å². The minimum Gasteiger partial charge on any atom is -0.462 e. The summed E-state index contributed by atoms with van der Waals surface area (Å²) in [5, 5.41) is 3.66. The van der Waals surface area contributed by atoms with Crippen LogP contribution in [0.4, 0.5) is 11.4 Å². The van der Waals surface area contributed by atoms with E-state index in [2.05, 4.69) is 65.9 Å². The van der Waals surface area contributed by atoms with E-state index in [1.165, 1.54) is 33.5 Å². The van der Waals surface area contributed by atoms with Gasteiger partial charge in [-0.2, -0.15) is 0 Å². The molecule has 0 radical (unpaired) electrons. The maximum Gasteiger partial charge on any atom is 0.338 e. The van der Waals surface area contributed by atoms with Crippen LogP contribution in [-0.2, 0) is 16.6 Å². The van der Waals surface area contributed by atoms with E-state index >= 15 is 0 Å². The van der Waals surface area contributed by atoms with Gasteiger partial charge in [-0.1, -0.05) is 53.7 Å². The number of esters is 1. The monoisotopic (exact) mass is 419 g/mol. The molecule has 1 aliphatic carbocycles. The van der Waals surface area contributed by atoms with Crippen molar-refractivity contribution in [1.29, 1.82) is 0 Å². The highest BCUT2D eigenvalue weighted by atomic mass is 16.5. The minimum atomic E-state index is -0.282. The lowest BCUT2D eigenvalue weighted by Gasteiger charge is -2.39. The van der Waals surface area contributed by atoms with Crippen molar-refractivity contribution in [3.63, 3.8) is 0 Å². The number of aryl methyl sites for hydroxylation is 1. The Morgan fingerprint density at radius 3 is 2.32 bits per heavy atom. The van der Waals surface area contributed by atoms with Crippen LogP contribution in [0.2, 0.25) is 0 Å². The van der Waals surface area contributed by atoms with Gasteiger partial charge in [0.05, 0.1) is 12.2 Å². The lowest BCUT2D eigenvalue weighted by molar-refractivity contribution is 0.0526. The summed E-state index contributed by atoms with van der Waals surface area (Å²) in [5.74, 6) is -0.282. The van der Waals surface area contributed by atoms with Gasteiger partial charge < -0.3 is 10.1 Å². The molecule has 1 N–H and O–H groups in total. The highest BCUT2D eigenvalue weighted by Gasteiger charge is 2.35. The molecule has 0 saturated carbocycles. The number of nitrogens with one attached hydrogen (secondary N) is 1. The third-order valence-corrected chi connectivity index (χ3v) is 6.27. The summed E-state index contributed by atoms with van der Waals surface area (Å²) < 4.78 is 5.10. The molecule has 2 aromatic carbocycles. The predicted octanol–water partition coefficient (Wildman–Crippen LogP) is 7.59. The summed E-state index contributed by atoms with van der Waals surface area (Å²) in [6.45, 7) is 18.3. The van der Waals surface area contributed by atoms with Crippen LogP contribution < -0.4 is 5.32 Å². The number of hydrogen-bond donors (Lipinski definition) is 1. The molecule has 3 nitrogen and oxygen atoms in total. The minimum absolute atomic E-state index is 0.0863. The zero-order valence-electron chi connectivity index (χ0n) is 20.4. The second kappa shape index (κ2) is 8.53. The molecule has 0 aromatic heterocycles. The van der Waals surface area contributed by atoms with Gasteiger partial charge in [-0.15, -0.1) is 0 Å². The second-order valence-corrected chi connectivity index (χ2v) is 10.2. The summed E-state index contributed by atoms with van der Waals surface area (Å²) in [7, 11) is 0. The number of rotatable bonds is 5. The first kappa shape index (κ1) is 23.1. The van der Waals surface area contributed by atoms with E-state index in [9.17, 15) is 4.79 Å². The van der Waals surface area contributed by atoms with Crippen LogP contribution in [0.3, 0.4) is 0 Å². The van der Waals surface area contributed by atoms with E-state index < -0.39 is 0 Å². The Hall–Kier alpha value is -2.55. The quantitative estimate of drug-likeness (QED) is 0.507. The molecule has 166 valence electrons. The van der Waals surface area contributed by atoms with Crippen molar-refractivity contribution in [3.05, 3.63) is 64.2 Å². The molecular formula is C28H37NO2. The van der Waals surface area contributed by atoms with Crippen molar-refractivity contribution >= 4 is 22.9 Å². The fraction of sp³-hybridized carbons (Fsp3) is 0.464. The number of carbonyl (C=O) groups is 1. The maximum absolute atomic E-state index is 12.0. The Morgan fingerprint density at radius 1 is 1.13 bits per heavy atom. The molecule has 3 rings (SSSR count). The summed E-state index contributed by atoms with van der Waals surface area (Å²) in [4.78, 5) is 12.0. The first-order valence-corrected chi connectivity index (χ1v) is 11.4. The number of ether oxygens (including phenoxy) is 1. The van der Waals surface area contributed by atoms with Crippen LogP contribution in [0.25, 0.3) is 5.57 Å². The first-order chi connectivity index (χ1) is 14.5. The Morgan fingerprint density at radius 2 is 1.77 bits per heavy atom. The van der Waals surface area contributed by atoms with Crippen molar-refractivity contribution in [2.75, 3.05) is 11.9 Å². The molecule has 0 aliphatic heterocycles. The summed E-state index contributed by atoms with van der Waals surface area (Å²) in [6.07, 6.45) is 4.47. The molecule has 0 unspecified atom stereocenters. The number of carbonyl (C=O) groups excluding carboxylic acids is 1. The van der Waals surface area contributed by atoms with E-state index in [1.807, 2.05) is 31.2 Å². The average molecular weight is 420 g/mol. The van der Waals surface area contributed by atoms with Crippen molar-refractivity contribution in [2.45, 2.75) is 73.6 Å². The molecule has 0 amide bonds. The number of benzene rings is 2. The van der Waals surface area contributed by atoms with E-state index in [1.54, 1.807) is 0 Å². The fourth-order valence-corrected chi connectivity index (χ4v) is 4.55. The second-order valence-electron chi connectivity index (χ2n) is 10.2. The van der Waals surface area contributed by atoms with Gasteiger partial charge in [0.15, 0.2) is 0 Å². The molecule has 0 heterocycles. The van der Waals surface area contributed by atoms with Crippen LogP contribution in [0.15, 0.2) is 36.4 Å². The van der Waals surface area contributed by atoms with E-state index in [0.29, 0.717) is 12.2 Å². The van der Waals surface area contributed by atoms with Crippen molar-refractivity contribution < 1.29 is 9.53 Å². The highest BCUT2D eigenvalue weighted by molar-refractivity contribution is 5.90. The smallest absolute Gasteiger partial charge is 0.338 e. The SMILES string of the molecule is CCOC(=O)c1ccc(Nc2c(C)cc3c(c2CC)C(C(C)(C)C)=CCC3(C)C)cc1. The third kappa shape index (κ3) is 4.56. The Kier molecular flexibility index (Phi) is 6.36. The Labute approximate surface area is 187 Å². The fourth-order valence-electron chi connectivity index (χ4n) is 4.55. The molecule has 0 spiro atoms. The van der Waals surface area contributed by atoms with Crippen molar-refractivity contribution in [3.8, 4) is 0 Å². The third-order valence-electron chi connectivity index (χ3n) is 6.27. The normalized spacial score (nSPS) is 15.2. The van der Waals surface area contributed by atoms with Crippen molar-refractivity contribution in [2.24, 2.45) is 5.41 Å². The molecule has 3 heteroatoms. The van der Waals surface area contributed by atoms with Crippen LogP contribution in [-0.4, -0.2) is 12.6 Å². The Bertz CT molecular complexity index is 1000. The zero-order valence-corrected chi connectivity index (χ0v) is 20.4. The maximum atomic E-state index is 12.0. The molecule has 0 saturated heterocycles. The highest BCUT2D eigenvalue weighted by Crippen LogP contribution is 2.49.